The van der Waals surface area contributed by atoms with Crippen LogP contribution in [0.1, 0.15) is 65.7 Å². The van der Waals surface area contributed by atoms with Crippen molar-refractivity contribution in [2.75, 3.05) is 19.5 Å². The topological polar surface area (TPSA) is 161 Å². The van der Waals surface area contributed by atoms with Crippen LogP contribution in [0.15, 0.2) is 17.2 Å². The summed E-state index contributed by atoms with van der Waals surface area (Å²) >= 11 is 0. The Labute approximate surface area is 215 Å². The maximum atomic E-state index is 12.8. The van der Waals surface area contributed by atoms with Crippen molar-refractivity contribution >= 4 is 40.6 Å². The highest BCUT2D eigenvalue weighted by molar-refractivity contribution is 5.96. The number of aryl methyl sites for hydroxylation is 1. The number of esters is 2. The zero-order valence-corrected chi connectivity index (χ0v) is 22.1. The van der Waals surface area contributed by atoms with Gasteiger partial charge in [-0.05, 0) is 25.3 Å². The van der Waals surface area contributed by atoms with Crippen molar-refractivity contribution < 1.29 is 28.7 Å². The molecule has 0 spiro atoms. The van der Waals surface area contributed by atoms with E-state index in [1.807, 2.05) is 0 Å². The molecule has 2 aromatic rings. The van der Waals surface area contributed by atoms with Crippen LogP contribution >= 0.6 is 0 Å². The van der Waals surface area contributed by atoms with Crippen molar-refractivity contribution in [3.05, 3.63) is 22.7 Å². The summed E-state index contributed by atoms with van der Waals surface area (Å²) in [5.74, 6) is -1.13. The lowest BCUT2D eigenvalue weighted by Gasteiger charge is -2.16. The number of aromatic nitrogens is 3. The molecule has 0 radical (unpaired) electrons. The van der Waals surface area contributed by atoms with Gasteiger partial charge in [0.15, 0.2) is 0 Å². The quantitative estimate of drug-likeness (QED) is 0.268. The van der Waals surface area contributed by atoms with Gasteiger partial charge in [-0.2, -0.15) is 0 Å². The second-order valence-corrected chi connectivity index (χ2v) is 9.81. The summed E-state index contributed by atoms with van der Waals surface area (Å²) in [5, 5.41) is 5.77. The third-order valence-electron chi connectivity index (χ3n) is 5.78. The molecule has 2 rings (SSSR count). The van der Waals surface area contributed by atoms with Crippen LogP contribution in [0.4, 0.5) is 5.82 Å². The van der Waals surface area contributed by atoms with Crippen molar-refractivity contribution in [3.63, 3.8) is 0 Å². The van der Waals surface area contributed by atoms with Crippen LogP contribution in [0, 0.1) is 5.41 Å². The number of nitrogens with one attached hydrogen (secondary N) is 3. The number of fused-ring (bicyclic) bond motifs is 1. The number of carbonyl (C=O) groups excluding carboxylic acids is 4. The minimum Gasteiger partial charge on any atom is -0.469 e. The first-order valence-electron chi connectivity index (χ1n) is 12.3. The van der Waals surface area contributed by atoms with Crippen LogP contribution in [0.2, 0.25) is 0 Å². The Hall–Kier alpha value is -3.70. The molecule has 0 aliphatic heterocycles. The number of hydrogen-bond donors (Lipinski definition) is 3. The van der Waals surface area contributed by atoms with Gasteiger partial charge < -0.3 is 25.1 Å². The molecule has 2 heterocycles. The molecule has 2 aromatic heterocycles. The van der Waals surface area contributed by atoms with E-state index in [2.05, 4.69) is 30.1 Å². The molecule has 2 amide bonds. The molecule has 12 heteroatoms. The number of anilines is 1. The molecule has 0 bridgehead atoms. The standard InChI is InChI=1S/C25H37N5O7/c1-25(2,3)24(35)29-18-14-16-21(28-18)26-15-30(22(16)33)13-9-7-6-8-10-19(31)27-17(23(34)37-5)11-12-20(32)36-4/h14-15,17,28H,6-13H2,1-5H3,(H,27,31)(H,29,35)/t17-/m0/s1. The van der Waals surface area contributed by atoms with E-state index < -0.39 is 23.4 Å². The van der Waals surface area contributed by atoms with Gasteiger partial charge in [-0.25, -0.2) is 9.78 Å². The van der Waals surface area contributed by atoms with Crippen molar-refractivity contribution in [1.82, 2.24) is 19.9 Å². The van der Waals surface area contributed by atoms with Crippen LogP contribution in [0.25, 0.3) is 11.0 Å². The number of hydrogen-bond acceptors (Lipinski definition) is 8. The predicted octanol–water partition coefficient (Wildman–Crippen LogP) is 2.27. The second-order valence-electron chi connectivity index (χ2n) is 9.81. The molecule has 0 unspecified atom stereocenters. The Morgan fingerprint density at radius 1 is 1.05 bits per heavy atom. The minimum absolute atomic E-state index is 0.00775. The lowest BCUT2D eigenvalue weighted by molar-refractivity contribution is -0.146. The van der Waals surface area contributed by atoms with E-state index >= 15 is 0 Å². The first-order chi connectivity index (χ1) is 17.5. The largest absolute Gasteiger partial charge is 0.469 e. The summed E-state index contributed by atoms with van der Waals surface area (Å²) in [6.45, 7) is 5.88. The highest BCUT2D eigenvalue weighted by Crippen LogP contribution is 2.19. The fourth-order valence-corrected chi connectivity index (χ4v) is 3.52. The summed E-state index contributed by atoms with van der Waals surface area (Å²) in [7, 11) is 2.48. The smallest absolute Gasteiger partial charge is 0.328 e. The molecule has 3 N–H and O–H groups in total. The first kappa shape index (κ1) is 29.5. The highest BCUT2D eigenvalue weighted by atomic mass is 16.5. The molecule has 0 saturated heterocycles. The summed E-state index contributed by atoms with van der Waals surface area (Å²) < 4.78 is 10.8. The van der Waals surface area contributed by atoms with Crippen molar-refractivity contribution in [2.45, 2.75) is 78.3 Å². The van der Waals surface area contributed by atoms with E-state index in [-0.39, 0.29) is 36.6 Å². The van der Waals surface area contributed by atoms with E-state index in [1.165, 1.54) is 25.1 Å². The SMILES string of the molecule is COC(=O)CC[C@H](NC(=O)CCCCCCn1cnc2[nH]c(NC(=O)C(C)(C)C)cc2c1=O)C(=O)OC. The van der Waals surface area contributed by atoms with Crippen LogP contribution in [0.5, 0.6) is 0 Å². The fraction of sp³-hybridized carbons (Fsp3) is 0.600. The fourth-order valence-electron chi connectivity index (χ4n) is 3.52. The lowest BCUT2D eigenvalue weighted by atomic mass is 9.96. The van der Waals surface area contributed by atoms with Crippen LogP contribution in [-0.2, 0) is 35.2 Å². The van der Waals surface area contributed by atoms with E-state index in [9.17, 15) is 24.0 Å². The number of unbranched alkanes of at least 4 members (excludes halogenated alkanes) is 3. The van der Waals surface area contributed by atoms with Crippen molar-refractivity contribution in [1.29, 1.82) is 0 Å². The molecule has 204 valence electrons. The van der Waals surface area contributed by atoms with Crippen LogP contribution in [-0.4, -0.2) is 58.5 Å². The Bertz CT molecular complexity index is 1160. The van der Waals surface area contributed by atoms with Crippen LogP contribution < -0.4 is 16.2 Å². The third kappa shape index (κ3) is 9.03. The number of carbonyl (C=O) groups is 4. The number of ether oxygens (including phenoxy) is 2. The molecule has 0 aromatic carbocycles. The zero-order chi connectivity index (χ0) is 27.6. The average Bonchev–Trinajstić information content (AvgIpc) is 3.27. The Morgan fingerprint density at radius 2 is 1.76 bits per heavy atom. The summed E-state index contributed by atoms with van der Waals surface area (Å²) in [6, 6.07) is 0.692. The van der Waals surface area contributed by atoms with Crippen molar-refractivity contribution in [2.24, 2.45) is 5.41 Å². The Balaban J connectivity index is 1.78. The van der Waals surface area contributed by atoms with E-state index in [1.54, 1.807) is 26.8 Å². The van der Waals surface area contributed by atoms with Crippen molar-refractivity contribution in [3.8, 4) is 0 Å². The maximum absolute atomic E-state index is 12.8. The van der Waals surface area contributed by atoms with Gasteiger partial charge in [0.1, 0.15) is 17.5 Å². The molecule has 37 heavy (non-hydrogen) atoms. The second kappa shape index (κ2) is 13.6. The minimum atomic E-state index is -0.901. The van der Waals surface area contributed by atoms with Gasteiger partial charge in [-0.1, -0.05) is 33.6 Å². The van der Waals surface area contributed by atoms with E-state index in [0.717, 1.165) is 19.3 Å². The highest BCUT2D eigenvalue weighted by Gasteiger charge is 2.23. The molecular formula is C25H37N5O7. The van der Waals surface area contributed by atoms with Gasteiger partial charge >= 0.3 is 11.9 Å². The van der Waals surface area contributed by atoms with Gasteiger partial charge in [-0.15, -0.1) is 0 Å². The summed E-state index contributed by atoms with van der Waals surface area (Å²) in [4.78, 5) is 67.6. The molecule has 0 aliphatic carbocycles. The third-order valence-corrected chi connectivity index (χ3v) is 5.78. The van der Waals surface area contributed by atoms with Gasteiger partial charge in [0, 0.05) is 24.8 Å². The normalized spacial score (nSPS) is 12.1. The van der Waals surface area contributed by atoms with Gasteiger partial charge in [0.05, 0.1) is 25.9 Å². The predicted molar refractivity (Wildman–Crippen MR) is 137 cm³/mol. The average molecular weight is 520 g/mol. The molecule has 12 nitrogen and oxygen atoms in total. The zero-order valence-electron chi connectivity index (χ0n) is 22.1. The summed E-state index contributed by atoms with van der Waals surface area (Å²) in [5.41, 5.74) is -0.356. The van der Waals surface area contributed by atoms with Gasteiger partial charge in [-0.3, -0.25) is 23.7 Å². The number of aromatic amines is 1. The number of amides is 2. The lowest BCUT2D eigenvalue weighted by Crippen LogP contribution is -2.41. The van der Waals surface area contributed by atoms with Crippen LogP contribution in [0.3, 0.4) is 0 Å². The maximum Gasteiger partial charge on any atom is 0.328 e. The Kier molecular flexibility index (Phi) is 10.8. The molecule has 1 atom stereocenters. The number of H-pyrrole nitrogens is 1. The molecule has 0 saturated carbocycles. The Morgan fingerprint density at radius 3 is 2.41 bits per heavy atom. The first-order valence-corrected chi connectivity index (χ1v) is 12.3. The molecule has 0 aliphatic rings. The number of rotatable bonds is 13. The molecule has 0 fully saturated rings. The number of methoxy groups -OCH3 is 2. The molecular weight excluding hydrogens is 482 g/mol. The van der Waals surface area contributed by atoms with E-state index in [0.29, 0.717) is 29.8 Å². The van der Waals surface area contributed by atoms with Gasteiger partial charge in [0.2, 0.25) is 11.8 Å². The number of nitrogens with zero attached hydrogens (tertiary/aromatic N) is 2. The summed E-state index contributed by atoms with van der Waals surface area (Å²) in [6.07, 6.45) is 4.68. The van der Waals surface area contributed by atoms with E-state index in [4.69, 9.17) is 0 Å². The van der Waals surface area contributed by atoms with Gasteiger partial charge in [0.25, 0.3) is 5.56 Å². The monoisotopic (exact) mass is 519 g/mol.